The SMILES string of the molecule is CC(F)c1cc(F)c(F)c(CC2CCCNC2)c1. The van der Waals surface area contributed by atoms with E-state index in [0.717, 1.165) is 32.0 Å². The molecule has 0 saturated carbocycles. The van der Waals surface area contributed by atoms with E-state index in [-0.39, 0.29) is 5.56 Å². The molecule has 100 valence electrons. The summed E-state index contributed by atoms with van der Waals surface area (Å²) in [6.07, 6.45) is 1.25. The zero-order valence-electron chi connectivity index (χ0n) is 10.5. The summed E-state index contributed by atoms with van der Waals surface area (Å²) in [4.78, 5) is 0. The minimum absolute atomic E-state index is 0.215. The lowest BCUT2D eigenvalue weighted by Crippen LogP contribution is -2.31. The van der Waals surface area contributed by atoms with Gasteiger partial charge in [-0.05, 0) is 68.5 Å². The summed E-state index contributed by atoms with van der Waals surface area (Å²) in [6, 6.07) is 2.40. The van der Waals surface area contributed by atoms with Crippen LogP contribution in [0.25, 0.3) is 0 Å². The standard InChI is InChI=1S/C14H18F3N/c1-9(15)11-6-12(14(17)13(16)7-11)5-10-3-2-4-18-8-10/h6-7,9-10,18H,2-5,8H2,1H3. The van der Waals surface area contributed by atoms with Crippen LogP contribution in [0.4, 0.5) is 13.2 Å². The summed E-state index contributed by atoms with van der Waals surface area (Å²) in [7, 11) is 0. The Balaban J connectivity index is 2.19. The van der Waals surface area contributed by atoms with E-state index in [4.69, 9.17) is 0 Å². The predicted octanol–water partition coefficient (Wildman–Crippen LogP) is 3.54. The van der Waals surface area contributed by atoms with E-state index in [1.54, 1.807) is 0 Å². The minimum atomic E-state index is -1.27. The second-order valence-electron chi connectivity index (χ2n) is 5.01. The maximum Gasteiger partial charge on any atom is 0.162 e. The van der Waals surface area contributed by atoms with E-state index in [1.165, 1.54) is 13.0 Å². The number of hydrogen-bond donors (Lipinski definition) is 1. The molecule has 1 heterocycles. The largest absolute Gasteiger partial charge is 0.316 e. The first-order valence-electron chi connectivity index (χ1n) is 6.40. The number of benzene rings is 1. The average Bonchev–Trinajstić information content (AvgIpc) is 2.35. The highest BCUT2D eigenvalue weighted by molar-refractivity contribution is 5.28. The van der Waals surface area contributed by atoms with Gasteiger partial charge in [-0.15, -0.1) is 0 Å². The van der Waals surface area contributed by atoms with Crippen LogP contribution in [0.2, 0.25) is 0 Å². The lowest BCUT2D eigenvalue weighted by Gasteiger charge is -2.23. The van der Waals surface area contributed by atoms with Crippen LogP contribution in [0.15, 0.2) is 12.1 Å². The Morgan fingerprint density at radius 1 is 1.39 bits per heavy atom. The maximum absolute atomic E-state index is 13.7. The van der Waals surface area contributed by atoms with E-state index in [2.05, 4.69) is 5.32 Å². The van der Waals surface area contributed by atoms with Gasteiger partial charge in [-0.25, -0.2) is 13.2 Å². The number of alkyl halides is 1. The highest BCUT2D eigenvalue weighted by Crippen LogP contribution is 2.25. The molecule has 2 rings (SSSR count). The van der Waals surface area contributed by atoms with E-state index >= 15 is 0 Å². The van der Waals surface area contributed by atoms with Crippen LogP contribution in [0.5, 0.6) is 0 Å². The summed E-state index contributed by atoms with van der Waals surface area (Å²) < 4.78 is 40.3. The van der Waals surface area contributed by atoms with Gasteiger partial charge < -0.3 is 5.32 Å². The van der Waals surface area contributed by atoms with Crippen molar-refractivity contribution in [2.75, 3.05) is 13.1 Å². The minimum Gasteiger partial charge on any atom is -0.316 e. The molecule has 1 aromatic carbocycles. The summed E-state index contributed by atoms with van der Waals surface area (Å²) in [5.41, 5.74) is 0.510. The number of halogens is 3. The lowest BCUT2D eigenvalue weighted by atomic mass is 9.91. The molecule has 0 bridgehead atoms. The first-order valence-corrected chi connectivity index (χ1v) is 6.40. The van der Waals surface area contributed by atoms with Crippen molar-refractivity contribution in [1.82, 2.24) is 5.32 Å². The van der Waals surface area contributed by atoms with Gasteiger partial charge in [-0.2, -0.15) is 0 Å². The molecule has 0 radical (unpaired) electrons. The topological polar surface area (TPSA) is 12.0 Å². The number of nitrogens with one attached hydrogen (secondary N) is 1. The third-order valence-electron chi connectivity index (χ3n) is 3.49. The molecule has 1 aliphatic rings. The number of rotatable bonds is 3. The lowest BCUT2D eigenvalue weighted by molar-refractivity contribution is 0.361. The van der Waals surface area contributed by atoms with Crippen molar-refractivity contribution >= 4 is 0 Å². The van der Waals surface area contributed by atoms with Gasteiger partial charge in [0.2, 0.25) is 0 Å². The van der Waals surface area contributed by atoms with Crippen molar-refractivity contribution in [2.45, 2.75) is 32.4 Å². The molecular formula is C14H18F3N. The van der Waals surface area contributed by atoms with Gasteiger partial charge in [0, 0.05) is 0 Å². The second-order valence-corrected chi connectivity index (χ2v) is 5.01. The summed E-state index contributed by atoms with van der Waals surface area (Å²) in [5.74, 6) is -1.47. The quantitative estimate of drug-likeness (QED) is 0.873. The Morgan fingerprint density at radius 3 is 2.78 bits per heavy atom. The van der Waals surface area contributed by atoms with Crippen LogP contribution in [0.1, 0.15) is 37.1 Å². The zero-order valence-corrected chi connectivity index (χ0v) is 10.5. The smallest absolute Gasteiger partial charge is 0.162 e. The van der Waals surface area contributed by atoms with Crippen LogP contribution < -0.4 is 5.32 Å². The van der Waals surface area contributed by atoms with Crippen LogP contribution >= 0.6 is 0 Å². The van der Waals surface area contributed by atoms with Gasteiger partial charge in [-0.3, -0.25) is 0 Å². The predicted molar refractivity (Wildman–Crippen MR) is 65.2 cm³/mol. The van der Waals surface area contributed by atoms with Crippen LogP contribution in [-0.4, -0.2) is 13.1 Å². The molecule has 1 nitrogen and oxygen atoms in total. The third kappa shape index (κ3) is 3.05. The normalized spacial score (nSPS) is 21.9. The molecule has 18 heavy (non-hydrogen) atoms. The fourth-order valence-electron chi connectivity index (χ4n) is 2.46. The second kappa shape index (κ2) is 5.74. The highest BCUT2D eigenvalue weighted by Gasteiger charge is 2.19. The van der Waals surface area contributed by atoms with Crippen molar-refractivity contribution in [2.24, 2.45) is 5.92 Å². The average molecular weight is 257 g/mol. The molecule has 0 amide bonds. The third-order valence-corrected chi connectivity index (χ3v) is 3.49. The molecule has 1 N–H and O–H groups in total. The van der Waals surface area contributed by atoms with Crippen molar-refractivity contribution < 1.29 is 13.2 Å². The molecule has 1 saturated heterocycles. The van der Waals surface area contributed by atoms with E-state index in [0.29, 0.717) is 17.9 Å². The zero-order chi connectivity index (χ0) is 13.1. The first kappa shape index (κ1) is 13.4. The number of hydrogen-bond acceptors (Lipinski definition) is 1. The Morgan fingerprint density at radius 2 is 2.17 bits per heavy atom. The fourth-order valence-corrected chi connectivity index (χ4v) is 2.46. The number of piperidine rings is 1. The van der Waals surface area contributed by atoms with Crippen LogP contribution in [0.3, 0.4) is 0 Å². The van der Waals surface area contributed by atoms with Crippen molar-refractivity contribution in [3.63, 3.8) is 0 Å². The van der Waals surface area contributed by atoms with E-state index in [9.17, 15) is 13.2 Å². The monoisotopic (exact) mass is 257 g/mol. The highest BCUT2D eigenvalue weighted by atomic mass is 19.2. The molecule has 1 fully saturated rings. The molecule has 1 aliphatic heterocycles. The van der Waals surface area contributed by atoms with Gasteiger partial charge >= 0.3 is 0 Å². The molecule has 0 spiro atoms. The van der Waals surface area contributed by atoms with E-state index in [1.807, 2.05) is 0 Å². The van der Waals surface area contributed by atoms with Gasteiger partial charge in [0.05, 0.1) is 0 Å². The molecule has 0 aliphatic carbocycles. The Hall–Kier alpha value is -1.03. The molecule has 4 heteroatoms. The van der Waals surface area contributed by atoms with Crippen LogP contribution in [-0.2, 0) is 6.42 Å². The van der Waals surface area contributed by atoms with E-state index < -0.39 is 17.8 Å². The maximum atomic E-state index is 13.7. The Kier molecular flexibility index (Phi) is 4.27. The van der Waals surface area contributed by atoms with Crippen molar-refractivity contribution in [3.8, 4) is 0 Å². The molecule has 2 atom stereocenters. The molecular weight excluding hydrogens is 239 g/mol. The Bertz CT molecular complexity index is 412. The van der Waals surface area contributed by atoms with Crippen molar-refractivity contribution in [3.05, 3.63) is 34.9 Å². The first-order chi connectivity index (χ1) is 8.58. The van der Waals surface area contributed by atoms with Crippen LogP contribution in [0, 0.1) is 17.6 Å². The fraction of sp³-hybridized carbons (Fsp3) is 0.571. The molecule has 0 aromatic heterocycles. The van der Waals surface area contributed by atoms with Gasteiger partial charge in [0.1, 0.15) is 6.17 Å². The Labute approximate surface area is 105 Å². The molecule has 1 aromatic rings. The summed E-state index contributed by atoms with van der Waals surface area (Å²) in [5, 5.41) is 3.24. The van der Waals surface area contributed by atoms with Gasteiger partial charge in [-0.1, -0.05) is 0 Å². The van der Waals surface area contributed by atoms with Crippen molar-refractivity contribution in [1.29, 1.82) is 0 Å². The summed E-state index contributed by atoms with van der Waals surface area (Å²) >= 11 is 0. The summed E-state index contributed by atoms with van der Waals surface area (Å²) in [6.45, 7) is 3.13. The van der Waals surface area contributed by atoms with Gasteiger partial charge in [0.15, 0.2) is 11.6 Å². The van der Waals surface area contributed by atoms with Gasteiger partial charge in [0.25, 0.3) is 0 Å². The molecule has 2 unspecified atom stereocenters.